The van der Waals surface area contributed by atoms with Crippen LogP contribution < -0.4 is 4.74 Å². The van der Waals surface area contributed by atoms with Crippen LogP contribution in [0.5, 0.6) is 5.75 Å². The van der Waals surface area contributed by atoms with Crippen molar-refractivity contribution in [3.63, 3.8) is 0 Å². The monoisotopic (exact) mass is 176 g/mol. The first-order valence-electron chi connectivity index (χ1n) is 4.17. The first kappa shape index (κ1) is 9.53. The highest BCUT2D eigenvalue weighted by Gasteiger charge is 2.09. The number of rotatable bonds is 2. The van der Waals surface area contributed by atoms with Gasteiger partial charge in [-0.1, -0.05) is 6.92 Å². The fourth-order valence-electron chi connectivity index (χ4n) is 1.29. The van der Waals surface area contributed by atoms with Gasteiger partial charge in [-0.25, -0.2) is 4.98 Å². The van der Waals surface area contributed by atoms with Gasteiger partial charge in [0.15, 0.2) is 0 Å². The van der Waals surface area contributed by atoms with E-state index < -0.39 is 0 Å². The van der Waals surface area contributed by atoms with Crippen LogP contribution in [0.2, 0.25) is 0 Å². The van der Waals surface area contributed by atoms with Crippen LogP contribution in [0.4, 0.5) is 0 Å². The van der Waals surface area contributed by atoms with Crippen molar-refractivity contribution >= 4 is 0 Å². The molecule has 0 aliphatic heterocycles. The van der Waals surface area contributed by atoms with Crippen molar-refractivity contribution in [1.29, 1.82) is 5.26 Å². The molecule has 0 saturated carbocycles. The molecule has 0 bridgehead atoms. The predicted molar refractivity (Wildman–Crippen MR) is 49.6 cm³/mol. The second kappa shape index (κ2) is 3.90. The van der Waals surface area contributed by atoms with Crippen molar-refractivity contribution in [2.75, 3.05) is 7.11 Å². The van der Waals surface area contributed by atoms with Crippen LogP contribution in [0, 0.1) is 18.3 Å². The molecule has 68 valence electrons. The summed E-state index contributed by atoms with van der Waals surface area (Å²) in [7, 11) is 1.61. The van der Waals surface area contributed by atoms with Crippen LogP contribution in [-0.2, 0) is 6.42 Å². The van der Waals surface area contributed by atoms with Gasteiger partial charge in [0.05, 0.1) is 7.11 Å². The summed E-state index contributed by atoms with van der Waals surface area (Å²) in [4.78, 5) is 4.13. The molecule has 1 rings (SSSR count). The maximum atomic E-state index is 8.83. The molecule has 0 fully saturated rings. The zero-order valence-corrected chi connectivity index (χ0v) is 8.09. The smallest absolute Gasteiger partial charge is 0.147 e. The molecular weight excluding hydrogens is 164 g/mol. The van der Waals surface area contributed by atoms with Crippen molar-refractivity contribution in [3.05, 3.63) is 23.0 Å². The lowest BCUT2D eigenvalue weighted by molar-refractivity contribution is 0.408. The van der Waals surface area contributed by atoms with E-state index in [1.54, 1.807) is 7.11 Å². The van der Waals surface area contributed by atoms with E-state index in [4.69, 9.17) is 10.00 Å². The number of pyridine rings is 1. The van der Waals surface area contributed by atoms with Crippen molar-refractivity contribution in [3.8, 4) is 11.8 Å². The second-order valence-corrected chi connectivity index (χ2v) is 2.76. The van der Waals surface area contributed by atoms with Gasteiger partial charge in [0, 0.05) is 17.3 Å². The second-order valence-electron chi connectivity index (χ2n) is 2.76. The molecular formula is C10H12N2O. The third-order valence-electron chi connectivity index (χ3n) is 1.89. The maximum absolute atomic E-state index is 8.83. The molecule has 0 atom stereocenters. The summed E-state index contributed by atoms with van der Waals surface area (Å²) < 4.78 is 5.17. The third kappa shape index (κ3) is 1.78. The third-order valence-corrected chi connectivity index (χ3v) is 1.89. The normalized spacial score (nSPS) is 9.38. The van der Waals surface area contributed by atoms with E-state index in [2.05, 4.69) is 11.1 Å². The number of hydrogen-bond donors (Lipinski definition) is 0. The largest absolute Gasteiger partial charge is 0.496 e. The summed E-state index contributed by atoms with van der Waals surface area (Å²) in [6.45, 7) is 3.83. The number of hydrogen-bond acceptors (Lipinski definition) is 3. The topological polar surface area (TPSA) is 45.9 Å². The minimum Gasteiger partial charge on any atom is -0.496 e. The zero-order chi connectivity index (χ0) is 9.84. The highest BCUT2D eigenvalue weighted by atomic mass is 16.5. The molecule has 1 aromatic rings. The van der Waals surface area contributed by atoms with Crippen LogP contribution in [0.25, 0.3) is 0 Å². The number of nitrogens with zero attached hydrogens (tertiary/aromatic N) is 2. The van der Waals surface area contributed by atoms with Gasteiger partial charge >= 0.3 is 0 Å². The van der Waals surface area contributed by atoms with Gasteiger partial charge in [0.1, 0.15) is 17.5 Å². The molecule has 0 spiro atoms. The minimum absolute atomic E-state index is 0.472. The quantitative estimate of drug-likeness (QED) is 0.690. The first-order valence-corrected chi connectivity index (χ1v) is 4.17. The molecule has 3 nitrogen and oxygen atoms in total. The Hall–Kier alpha value is -1.56. The van der Waals surface area contributed by atoms with Crippen molar-refractivity contribution in [2.24, 2.45) is 0 Å². The lowest BCUT2D eigenvalue weighted by Gasteiger charge is -2.08. The summed E-state index contributed by atoms with van der Waals surface area (Å²) in [5.41, 5.74) is 2.17. The number of aryl methyl sites for hydroxylation is 1. The van der Waals surface area contributed by atoms with Gasteiger partial charge < -0.3 is 4.74 Å². The van der Waals surface area contributed by atoms with E-state index in [-0.39, 0.29) is 0 Å². The Morgan fingerprint density at radius 2 is 2.31 bits per heavy atom. The minimum atomic E-state index is 0.472. The SMILES string of the molecule is CCc1c(OC)cc(C)nc1C#N. The van der Waals surface area contributed by atoms with Gasteiger partial charge in [-0.05, 0) is 13.3 Å². The van der Waals surface area contributed by atoms with Crippen molar-refractivity contribution in [1.82, 2.24) is 4.98 Å². The lowest BCUT2D eigenvalue weighted by atomic mass is 10.1. The Labute approximate surface area is 78.0 Å². The molecule has 0 saturated heterocycles. The van der Waals surface area contributed by atoms with Crippen molar-refractivity contribution in [2.45, 2.75) is 20.3 Å². The van der Waals surface area contributed by atoms with Crippen LogP contribution >= 0.6 is 0 Å². The Morgan fingerprint density at radius 1 is 1.62 bits per heavy atom. The van der Waals surface area contributed by atoms with Crippen LogP contribution in [0.15, 0.2) is 6.07 Å². The molecule has 3 heteroatoms. The Morgan fingerprint density at radius 3 is 2.77 bits per heavy atom. The molecule has 13 heavy (non-hydrogen) atoms. The molecule has 1 heterocycles. The van der Waals surface area contributed by atoms with Gasteiger partial charge in [-0.2, -0.15) is 5.26 Å². The van der Waals surface area contributed by atoms with E-state index in [0.29, 0.717) is 5.69 Å². The summed E-state index contributed by atoms with van der Waals surface area (Å²) >= 11 is 0. The van der Waals surface area contributed by atoms with Gasteiger partial charge in [-0.3, -0.25) is 0 Å². The molecule has 0 aromatic carbocycles. The average molecular weight is 176 g/mol. The van der Waals surface area contributed by atoms with Crippen LogP contribution in [0.3, 0.4) is 0 Å². The maximum Gasteiger partial charge on any atom is 0.147 e. The summed E-state index contributed by atoms with van der Waals surface area (Å²) in [6.07, 6.45) is 0.763. The Kier molecular flexibility index (Phi) is 2.86. The van der Waals surface area contributed by atoms with Gasteiger partial charge in [-0.15, -0.1) is 0 Å². The number of ether oxygens (including phenoxy) is 1. The Balaban J connectivity index is 3.36. The highest BCUT2D eigenvalue weighted by molar-refractivity contribution is 5.43. The fourth-order valence-corrected chi connectivity index (χ4v) is 1.29. The average Bonchev–Trinajstić information content (AvgIpc) is 2.16. The van der Waals surface area contributed by atoms with E-state index in [1.807, 2.05) is 19.9 Å². The van der Waals surface area contributed by atoms with E-state index in [1.165, 1.54) is 0 Å². The molecule has 0 aliphatic rings. The van der Waals surface area contributed by atoms with E-state index in [9.17, 15) is 0 Å². The standard InChI is InChI=1S/C10H12N2O/c1-4-8-9(6-11)12-7(2)5-10(8)13-3/h5H,4H2,1-3H3. The molecule has 0 unspecified atom stereocenters. The number of aromatic nitrogens is 1. The number of methoxy groups -OCH3 is 1. The molecule has 0 radical (unpaired) electrons. The molecule has 0 aliphatic carbocycles. The van der Waals surface area contributed by atoms with Crippen LogP contribution in [0.1, 0.15) is 23.9 Å². The first-order chi connectivity index (χ1) is 6.22. The molecule has 0 N–H and O–H groups in total. The zero-order valence-electron chi connectivity index (χ0n) is 8.09. The highest BCUT2D eigenvalue weighted by Crippen LogP contribution is 2.21. The number of nitriles is 1. The summed E-state index contributed by atoms with van der Waals surface area (Å²) in [6, 6.07) is 3.92. The fraction of sp³-hybridized carbons (Fsp3) is 0.400. The lowest BCUT2D eigenvalue weighted by Crippen LogP contribution is -1.99. The van der Waals surface area contributed by atoms with Gasteiger partial charge in [0.2, 0.25) is 0 Å². The van der Waals surface area contributed by atoms with Crippen LogP contribution in [-0.4, -0.2) is 12.1 Å². The van der Waals surface area contributed by atoms with E-state index >= 15 is 0 Å². The Bertz CT molecular complexity index is 353. The molecule has 1 aromatic heterocycles. The summed E-state index contributed by atoms with van der Waals surface area (Å²) in [5, 5.41) is 8.83. The van der Waals surface area contributed by atoms with Crippen molar-refractivity contribution < 1.29 is 4.74 Å². The predicted octanol–water partition coefficient (Wildman–Crippen LogP) is 1.83. The molecule has 0 amide bonds. The van der Waals surface area contributed by atoms with Gasteiger partial charge in [0.25, 0.3) is 0 Å². The van der Waals surface area contributed by atoms with E-state index in [0.717, 1.165) is 23.4 Å². The summed E-state index contributed by atoms with van der Waals surface area (Å²) in [5.74, 6) is 0.756.